The minimum Gasteiger partial charge on any atom is -0.318 e. The summed E-state index contributed by atoms with van der Waals surface area (Å²) in [5, 5.41) is 2.98. The molecule has 6 nitrogen and oxygen atoms in total. The molecule has 0 aromatic heterocycles. The van der Waals surface area contributed by atoms with E-state index in [9.17, 15) is 16.8 Å². The zero-order valence-corrected chi connectivity index (χ0v) is 13.7. The van der Waals surface area contributed by atoms with Crippen molar-refractivity contribution in [1.82, 2.24) is 9.62 Å². The maximum atomic E-state index is 12.8. The molecule has 0 bridgehead atoms. The molecule has 0 aliphatic carbocycles. The van der Waals surface area contributed by atoms with Crippen molar-refractivity contribution in [3.63, 3.8) is 0 Å². The average molecular weight is 332 g/mol. The van der Waals surface area contributed by atoms with Gasteiger partial charge in [0.1, 0.15) is 4.90 Å². The predicted octanol–water partition coefficient (Wildman–Crippen LogP) is 0.463. The summed E-state index contributed by atoms with van der Waals surface area (Å²) < 4.78 is 50.7. The first kappa shape index (κ1) is 16.4. The molecule has 1 fully saturated rings. The van der Waals surface area contributed by atoms with Gasteiger partial charge in [-0.15, -0.1) is 0 Å². The van der Waals surface area contributed by atoms with Crippen LogP contribution >= 0.6 is 0 Å². The Labute approximate surface area is 126 Å². The molecule has 1 N–H and O–H groups in total. The number of rotatable bonds is 5. The number of benzene rings is 1. The molecule has 0 spiro atoms. The Bertz CT molecular complexity index is 713. The van der Waals surface area contributed by atoms with Gasteiger partial charge in [-0.05, 0) is 32.0 Å². The fourth-order valence-electron chi connectivity index (χ4n) is 2.66. The second-order valence-electron chi connectivity index (χ2n) is 5.19. The van der Waals surface area contributed by atoms with Gasteiger partial charge in [-0.2, -0.15) is 4.31 Å². The summed E-state index contributed by atoms with van der Waals surface area (Å²) in [6.45, 7) is 0.979. The third-order valence-electron chi connectivity index (χ3n) is 3.60. The third kappa shape index (κ3) is 3.28. The number of sulfone groups is 1. The minimum absolute atomic E-state index is 0.129. The molecule has 8 heteroatoms. The van der Waals surface area contributed by atoms with Gasteiger partial charge in [0.05, 0.1) is 4.90 Å². The van der Waals surface area contributed by atoms with Gasteiger partial charge in [-0.3, -0.25) is 0 Å². The largest absolute Gasteiger partial charge is 0.318 e. The van der Waals surface area contributed by atoms with E-state index in [0.717, 1.165) is 19.1 Å². The molecule has 0 amide bonds. The van der Waals surface area contributed by atoms with E-state index < -0.39 is 19.9 Å². The van der Waals surface area contributed by atoms with Gasteiger partial charge in [-0.25, -0.2) is 16.8 Å². The molecule has 0 radical (unpaired) electrons. The van der Waals surface area contributed by atoms with Gasteiger partial charge < -0.3 is 5.32 Å². The highest BCUT2D eigenvalue weighted by molar-refractivity contribution is 7.93. The van der Waals surface area contributed by atoms with Crippen molar-refractivity contribution < 1.29 is 16.8 Å². The molecule has 1 atom stereocenters. The number of likely N-dealkylation sites (N-methyl/N-ethyl adjacent to an activating group) is 1. The monoisotopic (exact) mass is 332 g/mol. The van der Waals surface area contributed by atoms with E-state index in [2.05, 4.69) is 5.32 Å². The Balaban J connectivity index is 2.50. The van der Waals surface area contributed by atoms with Gasteiger partial charge in [0.2, 0.25) is 10.0 Å². The van der Waals surface area contributed by atoms with Crippen molar-refractivity contribution in [1.29, 1.82) is 0 Å². The fraction of sp³-hybridized carbons (Fsp3) is 0.538. The Morgan fingerprint density at radius 3 is 2.38 bits per heavy atom. The summed E-state index contributed by atoms with van der Waals surface area (Å²) in [4.78, 5) is -0.268. The SMILES string of the molecule is CNCC1CCCN1S(=O)(=O)c1ccccc1S(C)(=O)=O. The lowest BCUT2D eigenvalue weighted by Crippen LogP contribution is -2.41. The zero-order valence-electron chi connectivity index (χ0n) is 12.1. The van der Waals surface area contributed by atoms with Crippen LogP contribution in [-0.4, -0.2) is 53.6 Å². The topological polar surface area (TPSA) is 83.6 Å². The first-order valence-corrected chi connectivity index (χ1v) is 10.1. The van der Waals surface area contributed by atoms with Crippen molar-refractivity contribution in [2.45, 2.75) is 28.7 Å². The van der Waals surface area contributed by atoms with Crippen LogP contribution in [0.3, 0.4) is 0 Å². The lowest BCUT2D eigenvalue weighted by atomic mass is 10.2. The van der Waals surface area contributed by atoms with E-state index in [1.165, 1.54) is 22.5 Å². The van der Waals surface area contributed by atoms with Crippen LogP contribution in [0, 0.1) is 0 Å². The van der Waals surface area contributed by atoms with Gasteiger partial charge in [0.15, 0.2) is 9.84 Å². The Kier molecular flexibility index (Phi) is 4.72. The zero-order chi connectivity index (χ0) is 15.7. The van der Waals surface area contributed by atoms with E-state index in [4.69, 9.17) is 0 Å². The third-order valence-corrected chi connectivity index (χ3v) is 6.89. The maximum Gasteiger partial charge on any atom is 0.244 e. The first-order valence-electron chi connectivity index (χ1n) is 6.74. The van der Waals surface area contributed by atoms with Crippen molar-refractivity contribution in [3.8, 4) is 0 Å². The number of nitrogens with zero attached hydrogens (tertiary/aromatic N) is 1. The Hall–Kier alpha value is -0.960. The Morgan fingerprint density at radius 2 is 1.81 bits per heavy atom. The van der Waals surface area contributed by atoms with Crippen LogP contribution in [0.1, 0.15) is 12.8 Å². The highest BCUT2D eigenvalue weighted by Crippen LogP contribution is 2.29. The molecule has 1 saturated heterocycles. The second kappa shape index (κ2) is 6.04. The van der Waals surface area contributed by atoms with Crippen LogP contribution in [0.4, 0.5) is 0 Å². The van der Waals surface area contributed by atoms with Crippen LogP contribution in [0.2, 0.25) is 0 Å². The van der Waals surface area contributed by atoms with Gasteiger partial charge in [-0.1, -0.05) is 12.1 Å². The molecule has 1 aromatic carbocycles. The van der Waals surface area contributed by atoms with Crippen LogP contribution in [0.5, 0.6) is 0 Å². The molecular weight excluding hydrogens is 312 g/mol. The molecule has 0 saturated carbocycles. The van der Waals surface area contributed by atoms with Gasteiger partial charge in [0.25, 0.3) is 0 Å². The van der Waals surface area contributed by atoms with Crippen molar-refractivity contribution in [2.75, 3.05) is 26.4 Å². The van der Waals surface area contributed by atoms with Crippen LogP contribution in [0.15, 0.2) is 34.1 Å². The number of hydrogen-bond donors (Lipinski definition) is 1. The first-order chi connectivity index (χ1) is 9.78. The molecule has 21 heavy (non-hydrogen) atoms. The molecule has 1 aromatic rings. The lowest BCUT2D eigenvalue weighted by molar-refractivity contribution is 0.378. The number of hydrogen-bond acceptors (Lipinski definition) is 5. The summed E-state index contributed by atoms with van der Waals surface area (Å²) in [6, 6.07) is 5.65. The standard InChI is InChI=1S/C13H20N2O4S2/c1-14-10-11-6-5-9-15(11)21(18,19)13-8-4-3-7-12(13)20(2,16)17/h3-4,7-8,11,14H,5-6,9-10H2,1-2H3. The quantitative estimate of drug-likeness (QED) is 0.847. The molecule has 1 heterocycles. The van der Waals surface area contributed by atoms with Crippen molar-refractivity contribution in [3.05, 3.63) is 24.3 Å². The van der Waals surface area contributed by atoms with Crippen molar-refractivity contribution >= 4 is 19.9 Å². The van der Waals surface area contributed by atoms with Gasteiger partial charge >= 0.3 is 0 Å². The molecular formula is C13H20N2O4S2. The molecule has 1 aliphatic rings. The smallest absolute Gasteiger partial charge is 0.244 e. The summed E-state index contributed by atoms with van der Waals surface area (Å²) in [5.74, 6) is 0. The number of sulfonamides is 1. The van der Waals surface area contributed by atoms with Gasteiger partial charge in [0, 0.05) is 25.4 Å². The molecule has 2 rings (SSSR count). The predicted molar refractivity (Wildman–Crippen MR) is 80.4 cm³/mol. The van der Waals surface area contributed by atoms with Crippen LogP contribution in [0.25, 0.3) is 0 Å². The fourth-order valence-corrected chi connectivity index (χ4v) is 5.96. The molecule has 1 unspecified atom stereocenters. The lowest BCUT2D eigenvalue weighted by Gasteiger charge is -2.24. The second-order valence-corrected chi connectivity index (χ2v) is 9.03. The normalized spacial score (nSPS) is 20.8. The number of nitrogens with one attached hydrogen (secondary N) is 1. The Morgan fingerprint density at radius 1 is 1.19 bits per heavy atom. The van der Waals surface area contributed by atoms with E-state index >= 15 is 0 Å². The van der Waals surface area contributed by atoms with E-state index in [1.54, 1.807) is 13.1 Å². The van der Waals surface area contributed by atoms with E-state index in [-0.39, 0.29) is 15.8 Å². The summed E-state index contributed by atoms with van der Waals surface area (Å²) in [5.41, 5.74) is 0. The average Bonchev–Trinajstić information content (AvgIpc) is 2.87. The summed E-state index contributed by atoms with van der Waals surface area (Å²) >= 11 is 0. The summed E-state index contributed by atoms with van der Waals surface area (Å²) in [6.07, 6.45) is 2.59. The highest BCUT2D eigenvalue weighted by atomic mass is 32.2. The van der Waals surface area contributed by atoms with Crippen LogP contribution < -0.4 is 5.32 Å². The van der Waals surface area contributed by atoms with Crippen molar-refractivity contribution in [2.24, 2.45) is 0 Å². The van der Waals surface area contributed by atoms with E-state index in [0.29, 0.717) is 13.1 Å². The minimum atomic E-state index is -3.81. The highest BCUT2D eigenvalue weighted by Gasteiger charge is 2.37. The molecule has 1 aliphatic heterocycles. The van der Waals surface area contributed by atoms with Crippen LogP contribution in [-0.2, 0) is 19.9 Å². The molecule has 118 valence electrons. The maximum absolute atomic E-state index is 12.8. The van der Waals surface area contributed by atoms with E-state index in [1.807, 2.05) is 0 Å². The summed E-state index contributed by atoms with van der Waals surface area (Å²) in [7, 11) is -5.64.